The van der Waals surface area contributed by atoms with E-state index in [1.807, 2.05) is 13.8 Å². The molecule has 1 N–H and O–H groups in total. The zero-order chi connectivity index (χ0) is 18.8. The molecule has 3 rings (SSSR count). The highest BCUT2D eigenvalue weighted by molar-refractivity contribution is 5.63. The van der Waals surface area contributed by atoms with Crippen LogP contribution in [0.3, 0.4) is 0 Å². The van der Waals surface area contributed by atoms with Crippen molar-refractivity contribution in [2.75, 3.05) is 24.7 Å². The molecule has 0 radical (unpaired) electrons. The first-order valence-electron chi connectivity index (χ1n) is 9.24. The van der Waals surface area contributed by atoms with E-state index in [2.05, 4.69) is 41.8 Å². The molecule has 6 nitrogen and oxygen atoms in total. The number of aliphatic hydroxyl groups is 1. The highest BCUT2D eigenvalue weighted by Crippen LogP contribution is 2.30. The van der Waals surface area contributed by atoms with E-state index in [0.717, 1.165) is 29.1 Å². The summed E-state index contributed by atoms with van der Waals surface area (Å²) < 4.78 is 1.77. The molecule has 0 aliphatic carbocycles. The van der Waals surface area contributed by atoms with Gasteiger partial charge >= 0.3 is 0 Å². The predicted molar refractivity (Wildman–Crippen MR) is 104 cm³/mol. The average molecular weight is 356 g/mol. The second kappa shape index (κ2) is 7.60. The van der Waals surface area contributed by atoms with Gasteiger partial charge in [0.15, 0.2) is 0 Å². The van der Waals surface area contributed by atoms with Crippen molar-refractivity contribution in [1.82, 2.24) is 14.5 Å². The molecule has 0 saturated carbocycles. The van der Waals surface area contributed by atoms with Crippen molar-refractivity contribution in [3.05, 3.63) is 50.9 Å². The number of aliphatic hydroxyl groups excluding tert-OH is 1. The fraction of sp³-hybridized carbons (Fsp3) is 0.500. The van der Waals surface area contributed by atoms with Crippen LogP contribution < -0.4 is 10.5 Å². The first-order valence-corrected chi connectivity index (χ1v) is 9.24. The van der Waals surface area contributed by atoms with Gasteiger partial charge in [0.2, 0.25) is 5.95 Å². The lowest BCUT2D eigenvalue weighted by Gasteiger charge is -2.39. The minimum absolute atomic E-state index is 0.0402. The van der Waals surface area contributed by atoms with Crippen LogP contribution in [0.5, 0.6) is 0 Å². The Hall–Kier alpha value is -2.18. The SMILES string of the molecule is CCc1c(C)nc2n(c1=O)CN(CCCO)CN2c1ccc(C)cc1C. The van der Waals surface area contributed by atoms with Crippen LogP contribution in [-0.4, -0.2) is 39.4 Å². The molecule has 0 spiro atoms. The van der Waals surface area contributed by atoms with E-state index in [1.165, 1.54) is 5.56 Å². The fourth-order valence-electron chi connectivity index (χ4n) is 3.66. The molecule has 1 aliphatic rings. The summed E-state index contributed by atoms with van der Waals surface area (Å²) in [7, 11) is 0. The van der Waals surface area contributed by atoms with Crippen LogP contribution in [0.2, 0.25) is 0 Å². The van der Waals surface area contributed by atoms with Crippen LogP contribution in [0.15, 0.2) is 23.0 Å². The number of nitrogens with zero attached hydrogens (tertiary/aromatic N) is 4. The number of anilines is 2. The van der Waals surface area contributed by atoms with Crippen molar-refractivity contribution >= 4 is 11.6 Å². The molecule has 0 fully saturated rings. The Morgan fingerprint density at radius 3 is 2.62 bits per heavy atom. The molecule has 0 saturated heterocycles. The second-order valence-electron chi connectivity index (χ2n) is 7.03. The molecule has 1 aliphatic heterocycles. The minimum atomic E-state index is 0.0402. The summed E-state index contributed by atoms with van der Waals surface area (Å²) in [5, 5.41) is 9.20. The smallest absolute Gasteiger partial charge is 0.259 e. The number of benzene rings is 1. The summed E-state index contributed by atoms with van der Waals surface area (Å²) >= 11 is 0. The Labute approximate surface area is 154 Å². The van der Waals surface area contributed by atoms with Crippen molar-refractivity contribution in [3.8, 4) is 0 Å². The molecule has 2 aromatic rings. The summed E-state index contributed by atoms with van der Waals surface area (Å²) in [6, 6.07) is 6.34. The summed E-state index contributed by atoms with van der Waals surface area (Å²) in [5.41, 5.74) is 5.06. The Kier molecular flexibility index (Phi) is 5.44. The van der Waals surface area contributed by atoms with Gasteiger partial charge in [-0.3, -0.25) is 19.2 Å². The van der Waals surface area contributed by atoms with Gasteiger partial charge in [-0.25, -0.2) is 4.98 Å². The molecule has 0 bridgehead atoms. The van der Waals surface area contributed by atoms with Gasteiger partial charge in [-0.2, -0.15) is 0 Å². The maximum atomic E-state index is 13.0. The monoisotopic (exact) mass is 356 g/mol. The third-order valence-electron chi connectivity index (χ3n) is 5.00. The maximum absolute atomic E-state index is 13.0. The lowest BCUT2D eigenvalue weighted by atomic mass is 10.1. The molecule has 26 heavy (non-hydrogen) atoms. The number of hydrogen-bond donors (Lipinski definition) is 1. The van der Waals surface area contributed by atoms with Crippen molar-refractivity contribution in [1.29, 1.82) is 0 Å². The molecular weight excluding hydrogens is 328 g/mol. The molecule has 1 aromatic carbocycles. The summed E-state index contributed by atoms with van der Waals surface area (Å²) in [5.74, 6) is 0.705. The van der Waals surface area contributed by atoms with E-state index in [9.17, 15) is 9.90 Å². The molecule has 6 heteroatoms. The van der Waals surface area contributed by atoms with Gasteiger partial charge < -0.3 is 5.11 Å². The van der Waals surface area contributed by atoms with Crippen LogP contribution in [0.25, 0.3) is 0 Å². The van der Waals surface area contributed by atoms with Gasteiger partial charge in [0.05, 0.1) is 13.3 Å². The highest BCUT2D eigenvalue weighted by Gasteiger charge is 2.28. The number of aromatic nitrogens is 2. The third-order valence-corrected chi connectivity index (χ3v) is 5.00. The standard InChI is InChI=1S/C20H28N4O2/c1-5-17-16(4)21-20-23(18-8-7-14(2)11-15(18)3)12-22(9-6-10-25)13-24(20)19(17)26/h7-8,11,25H,5-6,9-10,12-13H2,1-4H3. The van der Waals surface area contributed by atoms with Gasteiger partial charge in [0.25, 0.3) is 5.56 Å². The van der Waals surface area contributed by atoms with Crippen LogP contribution in [-0.2, 0) is 13.1 Å². The van der Waals surface area contributed by atoms with E-state index in [1.54, 1.807) is 4.57 Å². The zero-order valence-electron chi connectivity index (χ0n) is 16.1. The number of rotatable bonds is 5. The van der Waals surface area contributed by atoms with Gasteiger partial charge in [-0.15, -0.1) is 0 Å². The predicted octanol–water partition coefficient (Wildman–Crippen LogP) is 2.48. The molecule has 0 unspecified atom stereocenters. The van der Waals surface area contributed by atoms with E-state index in [0.29, 0.717) is 32.1 Å². The molecular formula is C20H28N4O2. The first kappa shape index (κ1) is 18.6. The lowest BCUT2D eigenvalue weighted by Crippen LogP contribution is -2.48. The Morgan fingerprint density at radius 2 is 1.96 bits per heavy atom. The first-order chi connectivity index (χ1) is 12.5. The topological polar surface area (TPSA) is 61.6 Å². The molecule has 140 valence electrons. The van der Waals surface area contributed by atoms with Crippen molar-refractivity contribution < 1.29 is 5.11 Å². The fourth-order valence-corrected chi connectivity index (χ4v) is 3.66. The van der Waals surface area contributed by atoms with Gasteiger partial charge in [-0.05, 0) is 45.2 Å². The summed E-state index contributed by atoms with van der Waals surface area (Å²) in [6.07, 6.45) is 1.36. The second-order valence-corrected chi connectivity index (χ2v) is 7.03. The minimum Gasteiger partial charge on any atom is -0.396 e. The van der Waals surface area contributed by atoms with E-state index in [-0.39, 0.29) is 12.2 Å². The Morgan fingerprint density at radius 1 is 1.19 bits per heavy atom. The largest absolute Gasteiger partial charge is 0.396 e. The number of aryl methyl sites for hydroxylation is 3. The van der Waals surface area contributed by atoms with Gasteiger partial charge in [-0.1, -0.05) is 24.6 Å². The van der Waals surface area contributed by atoms with Gasteiger partial charge in [0.1, 0.15) is 0 Å². The third kappa shape index (κ3) is 3.39. The summed E-state index contributed by atoms with van der Waals surface area (Å²) in [4.78, 5) is 22.1. The molecule has 0 amide bonds. The Balaban J connectivity index is 2.14. The van der Waals surface area contributed by atoms with Crippen LogP contribution in [0, 0.1) is 20.8 Å². The Bertz CT molecular complexity index is 860. The lowest BCUT2D eigenvalue weighted by molar-refractivity contribution is 0.175. The van der Waals surface area contributed by atoms with Crippen molar-refractivity contribution in [2.45, 2.75) is 47.2 Å². The van der Waals surface area contributed by atoms with Crippen molar-refractivity contribution in [2.24, 2.45) is 0 Å². The highest BCUT2D eigenvalue weighted by atomic mass is 16.3. The van der Waals surface area contributed by atoms with E-state index < -0.39 is 0 Å². The molecule has 2 heterocycles. The van der Waals surface area contributed by atoms with E-state index >= 15 is 0 Å². The van der Waals surface area contributed by atoms with Crippen LogP contribution >= 0.6 is 0 Å². The maximum Gasteiger partial charge on any atom is 0.259 e. The summed E-state index contributed by atoms with van der Waals surface area (Å²) in [6.45, 7) is 10.1. The zero-order valence-corrected chi connectivity index (χ0v) is 16.1. The quantitative estimate of drug-likeness (QED) is 0.892. The van der Waals surface area contributed by atoms with Crippen molar-refractivity contribution in [3.63, 3.8) is 0 Å². The number of hydrogen-bond acceptors (Lipinski definition) is 5. The molecule has 1 aromatic heterocycles. The normalized spacial score (nSPS) is 14.6. The van der Waals surface area contributed by atoms with Gasteiger partial charge in [0, 0.05) is 30.1 Å². The van der Waals surface area contributed by atoms with Crippen LogP contribution in [0.1, 0.15) is 35.7 Å². The van der Waals surface area contributed by atoms with E-state index in [4.69, 9.17) is 4.98 Å². The average Bonchev–Trinajstić information content (AvgIpc) is 2.60. The number of fused-ring (bicyclic) bond motifs is 1. The molecule has 0 atom stereocenters. The van der Waals surface area contributed by atoms with Crippen LogP contribution in [0.4, 0.5) is 11.6 Å².